The van der Waals surface area contributed by atoms with E-state index in [0.717, 1.165) is 142 Å². The lowest BCUT2D eigenvalue weighted by molar-refractivity contribution is -0.00558. The van der Waals surface area contributed by atoms with E-state index in [9.17, 15) is 41.3 Å². The molecule has 21 nitrogen and oxygen atoms in total. The third-order valence-corrected chi connectivity index (χ3v) is 24.5. The molecule has 23 heteroatoms. The summed E-state index contributed by atoms with van der Waals surface area (Å²) in [4.78, 5) is 54.2. The van der Waals surface area contributed by atoms with Crippen LogP contribution < -0.4 is 28.4 Å². The molecule has 0 heterocycles. The van der Waals surface area contributed by atoms with Gasteiger partial charge in [0, 0.05) is 0 Å². The topological polar surface area (TPSA) is 277 Å². The molecule has 10 rings (SSSR count). The van der Waals surface area contributed by atoms with E-state index < -0.39 is 49.2 Å². The summed E-state index contributed by atoms with van der Waals surface area (Å²) in [5, 5.41) is 17.9. The Hall–Kier alpha value is -12.1. The van der Waals surface area contributed by atoms with Crippen LogP contribution in [0.2, 0.25) is 0 Å². The number of nitriles is 1. The van der Waals surface area contributed by atoms with Crippen molar-refractivity contribution in [3.63, 3.8) is 0 Å². The average Bonchev–Trinajstić information content (AvgIpc) is 0.807. The number of aryl methyl sites for hydroxylation is 1. The third kappa shape index (κ3) is 31.9. The maximum absolute atomic E-state index is 14.1. The molecule has 0 aromatic heterocycles. The van der Waals surface area contributed by atoms with Crippen LogP contribution in [0.1, 0.15) is 226 Å². The number of carbonyl (C=O) groups excluding carboxylic acids is 4. The van der Waals surface area contributed by atoms with Crippen LogP contribution in [-0.2, 0) is 45.0 Å². The first-order valence-electron chi connectivity index (χ1n) is 43.4. The Labute approximate surface area is 736 Å². The lowest BCUT2D eigenvalue weighted by Gasteiger charge is -2.25. The van der Waals surface area contributed by atoms with Crippen molar-refractivity contribution in [3.8, 4) is 51.7 Å². The number of methoxy groups -OCH3 is 1. The molecule has 0 amide bonds. The maximum atomic E-state index is 14.1. The van der Waals surface area contributed by atoms with Gasteiger partial charge in [-0.15, -0.1) is 0 Å². The van der Waals surface area contributed by atoms with E-state index in [1.54, 1.807) is 109 Å². The summed E-state index contributed by atoms with van der Waals surface area (Å²) in [6.45, 7) is 11.1. The molecule has 0 spiro atoms. The summed E-state index contributed by atoms with van der Waals surface area (Å²) in [5.41, 5.74) is 6.90. The first-order chi connectivity index (χ1) is 60.6. The van der Waals surface area contributed by atoms with Gasteiger partial charge in [0.05, 0.1) is 125 Å². The van der Waals surface area contributed by atoms with Crippen LogP contribution in [0.25, 0.3) is 11.1 Å². The van der Waals surface area contributed by atoms with E-state index in [4.69, 9.17) is 47.4 Å². The number of nitrogens with zero attached hydrogens (tertiary/aromatic N) is 3. The van der Waals surface area contributed by atoms with Gasteiger partial charge in [0.25, 0.3) is 0 Å². The SMILES string of the molecule is CCCCCCCOc1ccc(S(=O)(=O)c2ccc(OCCCCCCOC(=O)c3cc(Cc4ccc(-c5ccc(C#N)cc5)cc4)cc(C(=O)OC(C)(C)CCCCCCOc4ccc(S(=O)(=O)c5ccc(OCCCCCCOC(=O)c6cc(OCCCCCCOc7ccc(/N=N/c8ccc(C)cc8)cc7)cc(C(=O)OC)c6)cc5)cc4)c3)cc2)cc1. The number of carbonyl (C=O) groups is 4. The molecule has 0 radical (unpaired) electrons. The standard InChI is InChI=1S/C102H115N3O18S2/c1-6-7-8-10-19-60-116-89-43-51-94(52-44-89)124(110,111)96-55-47-91(48-56-96)118-63-22-14-16-25-66-121-99(107)82-69-79(68-77-29-33-80(34-30-77)81-35-31-78(75-103)32-36-81)70-83(71-82)101(109)123-102(3,4)59-18-9-11-20-61-117-90-45-53-95(54-46-90)125(112,113)97-57-49-92(50-58-97)119-64-23-15-17-26-67-122-100(108)85-72-84(98(106)114-5)73-93(74-85)120-65-24-13-12-21-62-115-88-41-39-87(40-42-88)105-104-86-37-27-76(2)28-38-86/h27-58,69-74H,6-26,59-68H2,1-5H3/b105-104+. The Morgan fingerprint density at radius 1 is 0.344 bits per heavy atom. The Morgan fingerprint density at radius 2 is 0.664 bits per heavy atom. The van der Waals surface area contributed by atoms with Crippen LogP contribution in [0.5, 0.6) is 34.5 Å². The molecule has 0 saturated carbocycles. The van der Waals surface area contributed by atoms with Crippen molar-refractivity contribution in [1.29, 1.82) is 5.26 Å². The molecule has 0 aliphatic heterocycles. The molecule has 0 aliphatic carbocycles. The van der Waals surface area contributed by atoms with Crippen LogP contribution >= 0.6 is 0 Å². The summed E-state index contributed by atoms with van der Waals surface area (Å²) in [6.07, 6.45) is 19.1. The van der Waals surface area contributed by atoms with Gasteiger partial charge in [-0.05, 0) is 334 Å². The second-order valence-corrected chi connectivity index (χ2v) is 35.4. The molecule has 0 unspecified atom stereocenters. The van der Waals surface area contributed by atoms with Crippen LogP contribution in [0, 0.1) is 18.3 Å². The van der Waals surface area contributed by atoms with Gasteiger partial charge in [-0.3, -0.25) is 0 Å². The molecular formula is C102H115N3O18S2. The fraction of sp³-hybridized carbons (Fsp3) is 0.363. The number of unbranched alkanes of at least 4 members (excludes halogenated alkanes) is 16. The number of rotatable bonds is 54. The highest BCUT2D eigenvalue weighted by Gasteiger charge is 2.26. The average molecular weight is 1740 g/mol. The fourth-order valence-electron chi connectivity index (χ4n) is 13.7. The molecule has 0 N–H and O–H groups in total. The molecule has 0 atom stereocenters. The minimum absolute atomic E-state index is 0.125. The number of azo groups is 1. The molecule has 0 aliphatic rings. The zero-order chi connectivity index (χ0) is 88.5. The summed E-state index contributed by atoms with van der Waals surface area (Å²) in [7, 11) is -6.30. The van der Waals surface area contributed by atoms with Crippen LogP contribution in [-0.4, -0.2) is 106 Å². The van der Waals surface area contributed by atoms with Crippen molar-refractivity contribution in [2.24, 2.45) is 10.2 Å². The zero-order valence-corrected chi connectivity index (χ0v) is 74.0. The minimum Gasteiger partial charge on any atom is -0.494 e. The van der Waals surface area contributed by atoms with Crippen molar-refractivity contribution in [2.75, 3.05) is 60.0 Å². The molecule has 10 aromatic carbocycles. The first kappa shape index (κ1) is 95.1. The summed E-state index contributed by atoms with van der Waals surface area (Å²) < 4.78 is 112. The van der Waals surface area contributed by atoms with E-state index in [2.05, 4.69) is 23.2 Å². The molecule has 10 aromatic rings. The van der Waals surface area contributed by atoms with Crippen molar-refractivity contribution in [3.05, 3.63) is 275 Å². The minimum atomic E-state index is -3.84. The molecule has 0 saturated heterocycles. The Balaban J connectivity index is 0.585. The van der Waals surface area contributed by atoms with Crippen molar-refractivity contribution < 1.29 is 83.4 Å². The molecular weight excluding hydrogens is 1620 g/mol. The first-order valence-corrected chi connectivity index (χ1v) is 46.4. The number of sulfone groups is 2. The van der Waals surface area contributed by atoms with Gasteiger partial charge in [-0.1, -0.05) is 99.5 Å². The van der Waals surface area contributed by atoms with Crippen molar-refractivity contribution >= 4 is 54.9 Å². The van der Waals surface area contributed by atoms with E-state index in [0.29, 0.717) is 99.6 Å². The van der Waals surface area contributed by atoms with Gasteiger partial charge in [-0.25, -0.2) is 36.0 Å². The predicted octanol–water partition coefficient (Wildman–Crippen LogP) is 23.9. The monoisotopic (exact) mass is 1730 g/mol. The van der Waals surface area contributed by atoms with Crippen LogP contribution in [0.4, 0.5) is 11.4 Å². The normalized spacial score (nSPS) is 11.5. The largest absolute Gasteiger partial charge is 0.494 e. The summed E-state index contributed by atoms with van der Waals surface area (Å²) in [6, 6.07) is 68.1. The lowest BCUT2D eigenvalue weighted by atomic mass is 9.97. The van der Waals surface area contributed by atoms with Gasteiger partial charge >= 0.3 is 23.9 Å². The highest BCUT2D eigenvalue weighted by atomic mass is 32.2. The smallest absolute Gasteiger partial charge is 0.338 e. The molecule has 125 heavy (non-hydrogen) atoms. The second kappa shape index (κ2) is 50.0. The third-order valence-electron chi connectivity index (χ3n) is 20.9. The number of esters is 4. The van der Waals surface area contributed by atoms with Gasteiger partial charge in [0.1, 0.15) is 40.1 Å². The Morgan fingerprint density at radius 3 is 1.04 bits per heavy atom. The van der Waals surface area contributed by atoms with Gasteiger partial charge in [0.15, 0.2) is 0 Å². The molecule has 0 bridgehead atoms. The second-order valence-electron chi connectivity index (χ2n) is 31.5. The zero-order valence-electron chi connectivity index (χ0n) is 72.4. The van der Waals surface area contributed by atoms with Crippen molar-refractivity contribution in [1.82, 2.24) is 0 Å². The Kier molecular flexibility index (Phi) is 38.0. The quantitative estimate of drug-likeness (QED) is 0.0148. The van der Waals surface area contributed by atoms with Gasteiger partial charge in [-0.2, -0.15) is 15.5 Å². The molecule has 0 fully saturated rings. The molecule has 658 valence electrons. The fourth-order valence-corrected chi connectivity index (χ4v) is 16.2. The van der Waals surface area contributed by atoms with E-state index in [1.165, 1.54) is 68.3 Å². The van der Waals surface area contributed by atoms with E-state index in [-0.39, 0.29) is 55.0 Å². The van der Waals surface area contributed by atoms with Crippen molar-refractivity contribution in [2.45, 2.75) is 201 Å². The van der Waals surface area contributed by atoms with E-state index >= 15 is 0 Å². The maximum Gasteiger partial charge on any atom is 0.338 e. The number of hydrogen-bond acceptors (Lipinski definition) is 21. The number of hydrogen-bond donors (Lipinski definition) is 0. The van der Waals surface area contributed by atoms with Crippen LogP contribution in [0.15, 0.2) is 260 Å². The highest BCUT2D eigenvalue weighted by molar-refractivity contribution is 7.91. The van der Waals surface area contributed by atoms with E-state index in [1.807, 2.05) is 106 Å². The number of ether oxygens (including phenoxy) is 10. The lowest BCUT2D eigenvalue weighted by Crippen LogP contribution is -2.28. The summed E-state index contributed by atoms with van der Waals surface area (Å²) in [5.74, 6) is 1.13. The van der Waals surface area contributed by atoms with Gasteiger partial charge < -0.3 is 47.4 Å². The summed E-state index contributed by atoms with van der Waals surface area (Å²) >= 11 is 0. The Bertz CT molecular complexity index is 5350. The van der Waals surface area contributed by atoms with Gasteiger partial charge in [0.2, 0.25) is 19.7 Å². The predicted molar refractivity (Wildman–Crippen MR) is 482 cm³/mol. The number of benzene rings is 10. The highest BCUT2D eigenvalue weighted by Crippen LogP contribution is 2.32. The van der Waals surface area contributed by atoms with Crippen LogP contribution in [0.3, 0.4) is 0 Å².